The Morgan fingerprint density at radius 1 is 1.18 bits per heavy atom. The largest absolute Gasteiger partial charge is 0.478 e. The summed E-state index contributed by atoms with van der Waals surface area (Å²) in [4.78, 5) is 29.7. The van der Waals surface area contributed by atoms with Crippen LogP contribution >= 0.6 is 12.2 Å². The van der Waals surface area contributed by atoms with Crippen molar-refractivity contribution in [2.24, 2.45) is 0 Å². The summed E-state index contributed by atoms with van der Waals surface area (Å²) in [6.07, 6.45) is 1.96. The predicted molar refractivity (Wildman–Crippen MR) is 131 cm³/mol. The number of nitrogens with one attached hydrogen (secondary N) is 1. The van der Waals surface area contributed by atoms with Crippen LogP contribution in [0.4, 0.5) is 0 Å². The standard InChI is InChI=1S/C25H26N4O4S/c1-15-14-19(16(2)29(15)18-9-7-17(8-10-18)24(31)32)23-22(20-6-4-5-12-26-20)27-25(34)28(23)13-11-21(30)33-3/h4-10,12,14,22-23H,11,13H2,1-3H3,(H,27,34)(H,31,32)/t22-,23+/m1/s1. The van der Waals surface area contributed by atoms with Gasteiger partial charge in [0.2, 0.25) is 0 Å². The van der Waals surface area contributed by atoms with E-state index in [-0.39, 0.29) is 30.0 Å². The topological polar surface area (TPSA) is 96.7 Å². The molecule has 1 aliphatic rings. The van der Waals surface area contributed by atoms with Crippen LogP contribution in [0.1, 0.15) is 51.5 Å². The van der Waals surface area contributed by atoms with Crippen LogP contribution in [0.15, 0.2) is 54.7 Å². The number of hydrogen-bond donors (Lipinski definition) is 2. The number of rotatable bonds is 7. The maximum Gasteiger partial charge on any atom is 0.335 e. The molecule has 0 amide bonds. The van der Waals surface area contributed by atoms with Gasteiger partial charge in [-0.05, 0) is 74.1 Å². The molecule has 0 bridgehead atoms. The number of aryl methyl sites for hydroxylation is 1. The molecule has 8 nitrogen and oxygen atoms in total. The Morgan fingerprint density at radius 3 is 2.53 bits per heavy atom. The van der Waals surface area contributed by atoms with E-state index in [4.69, 9.17) is 17.0 Å². The van der Waals surface area contributed by atoms with Crippen LogP contribution in [0.25, 0.3) is 5.69 Å². The van der Waals surface area contributed by atoms with Gasteiger partial charge in [0.25, 0.3) is 0 Å². The molecule has 1 saturated heterocycles. The van der Waals surface area contributed by atoms with E-state index >= 15 is 0 Å². The zero-order valence-corrected chi connectivity index (χ0v) is 20.0. The molecule has 1 aliphatic heterocycles. The van der Waals surface area contributed by atoms with Crippen LogP contribution in [-0.2, 0) is 9.53 Å². The van der Waals surface area contributed by atoms with E-state index in [1.54, 1.807) is 30.5 Å². The number of aromatic carboxylic acids is 1. The molecule has 9 heteroatoms. The van der Waals surface area contributed by atoms with Crippen molar-refractivity contribution in [3.63, 3.8) is 0 Å². The third-order valence-corrected chi connectivity index (χ3v) is 6.50. The van der Waals surface area contributed by atoms with E-state index in [1.165, 1.54) is 7.11 Å². The minimum Gasteiger partial charge on any atom is -0.478 e. The fraction of sp³-hybridized carbons (Fsp3) is 0.280. The van der Waals surface area contributed by atoms with Crippen molar-refractivity contribution < 1.29 is 19.4 Å². The number of carbonyl (C=O) groups is 2. The normalized spacial score (nSPS) is 17.5. The van der Waals surface area contributed by atoms with E-state index in [0.717, 1.165) is 28.3 Å². The first-order valence-electron chi connectivity index (χ1n) is 10.9. The van der Waals surface area contributed by atoms with Crippen LogP contribution in [0.5, 0.6) is 0 Å². The highest BCUT2D eigenvalue weighted by atomic mass is 32.1. The fourth-order valence-electron chi connectivity index (χ4n) is 4.54. The van der Waals surface area contributed by atoms with Gasteiger partial charge >= 0.3 is 11.9 Å². The number of carboxylic acid groups (broad SMARTS) is 1. The summed E-state index contributed by atoms with van der Waals surface area (Å²) in [6.45, 7) is 4.45. The fourth-order valence-corrected chi connectivity index (χ4v) is 4.87. The molecule has 0 aliphatic carbocycles. The second-order valence-corrected chi connectivity index (χ2v) is 8.55. The van der Waals surface area contributed by atoms with Gasteiger partial charge < -0.3 is 24.6 Å². The summed E-state index contributed by atoms with van der Waals surface area (Å²) < 4.78 is 6.93. The van der Waals surface area contributed by atoms with Gasteiger partial charge in [-0.1, -0.05) is 6.07 Å². The highest BCUT2D eigenvalue weighted by Crippen LogP contribution is 2.41. The van der Waals surface area contributed by atoms with E-state index < -0.39 is 5.97 Å². The number of aromatic nitrogens is 2. The van der Waals surface area contributed by atoms with Crippen LogP contribution in [0.3, 0.4) is 0 Å². The minimum atomic E-state index is -0.960. The maximum atomic E-state index is 11.9. The van der Waals surface area contributed by atoms with Gasteiger partial charge in [0, 0.05) is 29.8 Å². The second kappa shape index (κ2) is 9.64. The number of carbonyl (C=O) groups excluding carboxylic acids is 1. The quantitative estimate of drug-likeness (QED) is 0.392. The molecule has 34 heavy (non-hydrogen) atoms. The van der Waals surface area contributed by atoms with Gasteiger partial charge in [0.05, 0.1) is 36.9 Å². The van der Waals surface area contributed by atoms with Gasteiger partial charge in [-0.25, -0.2) is 4.79 Å². The minimum absolute atomic E-state index is 0.190. The summed E-state index contributed by atoms with van der Waals surface area (Å²) >= 11 is 5.67. The Balaban J connectivity index is 1.77. The number of methoxy groups -OCH3 is 1. The van der Waals surface area contributed by atoms with Crippen LogP contribution in [0, 0.1) is 13.8 Å². The molecule has 3 heterocycles. The Bertz CT molecular complexity index is 1220. The van der Waals surface area contributed by atoms with E-state index in [1.807, 2.05) is 36.9 Å². The number of pyridine rings is 1. The Kier molecular flexibility index (Phi) is 6.65. The van der Waals surface area contributed by atoms with Crippen molar-refractivity contribution in [1.82, 2.24) is 19.8 Å². The molecule has 2 N–H and O–H groups in total. The summed E-state index contributed by atoms with van der Waals surface area (Å²) in [7, 11) is 1.38. The van der Waals surface area contributed by atoms with Gasteiger partial charge in [-0.2, -0.15) is 0 Å². The van der Waals surface area contributed by atoms with Gasteiger partial charge in [0.1, 0.15) is 0 Å². The molecule has 176 valence electrons. The Hall–Kier alpha value is -3.72. The molecule has 2 aromatic heterocycles. The van der Waals surface area contributed by atoms with Crippen molar-refractivity contribution in [1.29, 1.82) is 0 Å². The molecule has 0 saturated carbocycles. The number of esters is 1. The summed E-state index contributed by atoms with van der Waals surface area (Å²) in [5, 5.41) is 13.2. The maximum absolute atomic E-state index is 11.9. The van der Waals surface area contributed by atoms with Crippen LogP contribution in [0.2, 0.25) is 0 Å². The van der Waals surface area contributed by atoms with Crippen molar-refractivity contribution in [2.45, 2.75) is 32.4 Å². The number of nitrogens with zero attached hydrogens (tertiary/aromatic N) is 3. The molecular weight excluding hydrogens is 452 g/mol. The number of thiocarbonyl (C=S) groups is 1. The Labute approximate surface area is 203 Å². The first kappa shape index (κ1) is 23.4. The molecule has 2 atom stereocenters. The zero-order valence-electron chi connectivity index (χ0n) is 19.2. The number of benzene rings is 1. The van der Waals surface area contributed by atoms with Crippen LogP contribution < -0.4 is 5.32 Å². The van der Waals surface area contributed by atoms with E-state index in [9.17, 15) is 14.7 Å². The molecular formula is C25H26N4O4S. The SMILES string of the molecule is COC(=O)CCN1C(=S)N[C@H](c2ccccn2)[C@@H]1c1cc(C)n(-c2ccc(C(=O)O)cc2)c1C. The van der Waals surface area contributed by atoms with Crippen LogP contribution in [-0.4, -0.2) is 50.3 Å². The average Bonchev–Trinajstić information content (AvgIpc) is 3.32. The molecule has 1 fully saturated rings. The first-order chi connectivity index (χ1) is 16.3. The van der Waals surface area contributed by atoms with E-state index in [0.29, 0.717) is 11.7 Å². The molecule has 1 aromatic carbocycles. The lowest BCUT2D eigenvalue weighted by atomic mass is 9.96. The lowest BCUT2D eigenvalue weighted by Gasteiger charge is -2.28. The molecule has 0 unspecified atom stereocenters. The van der Waals surface area contributed by atoms with Gasteiger partial charge in [-0.15, -0.1) is 0 Å². The van der Waals surface area contributed by atoms with Crippen molar-refractivity contribution in [3.05, 3.63) is 82.9 Å². The molecule has 4 rings (SSSR count). The highest BCUT2D eigenvalue weighted by Gasteiger charge is 2.41. The van der Waals surface area contributed by atoms with E-state index in [2.05, 4.69) is 20.9 Å². The summed E-state index contributed by atoms with van der Waals surface area (Å²) in [5.41, 5.74) is 5.01. The zero-order chi connectivity index (χ0) is 24.4. The highest BCUT2D eigenvalue weighted by molar-refractivity contribution is 7.80. The third kappa shape index (κ3) is 4.38. The molecule has 3 aromatic rings. The number of carboxylic acids is 1. The summed E-state index contributed by atoms with van der Waals surface area (Å²) in [5.74, 6) is -1.26. The monoisotopic (exact) mass is 478 g/mol. The first-order valence-corrected chi connectivity index (χ1v) is 11.3. The summed E-state index contributed by atoms with van der Waals surface area (Å²) in [6, 6.07) is 14.3. The Morgan fingerprint density at radius 2 is 1.91 bits per heavy atom. The lowest BCUT2D eigenvalue weighted by Crippen LogP contribution is -2.32. The smallest absolute Gasteiger partial charge is 0.335 e. The third-order valence-electron chi connectivity index (χ3n) is 6.14. The average molecular weight is 479 g/mol. The molecule has 0 radical (unpaired) electrons. The van der Waals surface area contributed by atoms with Crippen molar-refractivity contribution >= 4 is 29.3 Å². The second-order valence-electron chi connectivity index (χ2n) is 8.16. The number of hydrogen-bond acceptors (Lipinski definition) is 5. The predicted octanol–water partition coefficient (Wildman–Crippen LogP) is 3.72. The van der Waals surface area contributed by atoms with Gasteiger partial charge in [-0.3, -0.25) is 9.78 Å². The van der Waals surface area contributed by atoms with Crippen molar-refractivity contribution in [3.8, 4) is 5.69 Å². The molecule has 0 spiro atoms. The lowest BCUT2D eigenvalue weighted by molar-refractivity contribution is -0.140. The van der Waals surface area contributed by atoms with Gasteiger partial charge in [0.15, 0.2) is 5.11 Å². The number of ether oxygens (including phenoxy) is 1. The van der Waals surface area contributed by atoms with Crippen molar-refractivity contribution in [2.75, 3.05) is 13.7 Å².